The number of Topliss-reactive ketones (excluding diaryl/α,β-unsaturated/α-hetero) is 1. The predicted molar refractivity (Wildman–Crippen MR) is 151 cm³/mol. The summed E-state index contributed by atoms with van der Waals surface area (Å²) < 4.78 is 17.3. The molecule has 1 unspecified atom stereocenters. The summed E-state index contributed by atoms with van der Waals surface area (Å²) in [7, 11) is 3.14. The van der Waals surface area contributed by atoms with Crippen LogP contribution in [0.1, 0.15) is 36.1 Å². The van der Waals surface area contributed by atoms with Crippen LogP contribution in [0.15, 0.2) is 66.2 Å². The van der Waals surface area contributed by atoms with Gasteiger partial charge in [-0.05, 0) is 73.0 Å². The Morgan fingerprint density at radius 1 is 1.03 bits per heavy atom. The van der Waals surface area contributed by atoms with Gasteiger partial charge in [0.05, 0.1) is 42.7 Å². The highest BCUT2D eigenvalue weighted by molar-refractivity contribution is 7.22. The topological polar surface area (TPSA) is 98.2 Å². The average molecular weight is 545 g/mol. The molecule has 1 saturated heterocycles. The Labute approximate surface area is 230 Å². The second kappa shape index (κ2) is 10.8. The summed E-state index contributed by atoms with van der Waals surface area (Å²) in [4.78, 5) is 33.2. The molecule has 3 aromatic carbocycles. The van der Waals surface area contributed by atoms with Gasteiger partial charge in [-0.1, -0.05) is 30.4 Å². The molecule has 4 aromatic rings. The Morgan fingerprint density at radius 3 is 2.56 bits per heavy atom. The third-order valence-corrected chi connectivity index (χ3v) is 7.57. The summed E-state index contributed by atoms with van der Waals surface area (Å²) in [5.41, 5.74) is 2.45. The van der Waals surface area contributed by atoms with Crippen LogP contribution in [0.2, 0.25) is 0 Å². The fraction of sp³-hybridized carbons (Fsp3) is 0.233. The molecule has 5 rings (SSSR count). The molecule has 1 N–H and O–H groups in total. The van der Waals surface area contributed by atoms with Crippen LogP contribution in [0.3, 0.4) is 0 Å². The first-order valence-corrected chi connectivity index (χ1v) is 13.3. The molecule has 1 aromatic heterocycles. The molecule has 1 atom stereocenters. The van der Waals surface area contributed by atoms with E-state index in [2.05, 4.69) is 4.98 Å². The number of carbonyl (C=O) groups is 2. The van der Waals surface area contributed by atoms with Gasteiger partial charge in [0.25, 0.3) is 5.78 Å². The van der Waals surface area contributed by atoms with E-state index in [9.17, 15) is 14.7 Å². The number of nitrogens with zero attached hydrogens (tertiary/aromatic N) is 2. The van der Waals surface area contributed by atoms with Gasteiger partial charge >= 0.3 is 5.91 Å². The minimum atomic E-state index is -0.917. The number of ketones is 1. The molecule has 0 aliphatic carbocycles. The Bertz CT molecular complexity index is 1610. The highest BCUT2D eigenvalue weighted by Crippen LogP contribution is 2.45. The van der Waals surface area contributed by atoms with Gasteiger partial charge in [0.15, 0.2) is 5.13 Å². The number of carbonyl (C=O) groups excluding carboxylic acids is 2. The minimum Gasteiger partial charge on any atom is -0.507 e. The molecule has 0 saturated carbocycles. The molecule has 9 heteroatoms. The summed E-state index contributed by atoms with van der Waals surface area (Å²) in [6, 6.07) is 16.9. The van der Waals surface area contributed by atoms with E-state index in [1.807, 2.05) is 32.0 Å². The van der Waals surface area contributed by atoms with Gasteiger partial charge in [-0.3, -0.25) is 14.5 Å². The monoisotopic (exact) mass is 544 g/mol. The zero-order chi connectivity index (χ0) is 27.7. The summed E-state index contributed by atoms with van der Waals surface area (Å²) in [6.07, 6.45) is 0.828. The number of amides is 1. The molecule has 1 fully saturated rings. The summed E-state index contributed by atoms with van der Waals surface area (Å²) in [5, 5.41) is 11.8. The van der Waals surface area contributed by atoms with Crippen molar-refractivity contribution in [3.63, 3.8) is 0 Å². The van der Waals surface area contributed by atoms with Crippen molar-refractivity contribution < 1.29 is 28.9 Å². The Morgan fingerprint density at radius 2 is 1.85 bits per heavy atom. The van der Waals surface area contributed by atoms with Crippen LogP contribution in [0.25, 0.3) is 16.0 Å². The van der Waals surface area contributed by atoms with E-state index in [1.165, 1.54) is 16.2 Å². The molecule has 0 spiro atoms. The number of aromatic nitrogens is 1. The zero-order valence-corrected chi connectivity index (χ0v) is 22.9. The van der Waals surface area contributed by atoms with Crippen molar-refractivity contribution in [1.29, 1.82) is 0 Å². The lowest BCUT2D eigenvalue weighted by atomic mass is 9.94. The molecular weight excluding hydrogens is 516 g/mol. The quantitative estimate of drug-likeness (QED) is 0.164. The van der Waals surface area contributed by atoms with E-state index < -0.39 is 17.7 Å². The van der Waals surface area contributed by atoms with Crippen molar-refractivity contribution in [3.8, 4) is 17.2 Å². The summed E-state index contributed by atoms with van der Waals surface area (Å²) in [6.45, 7) is 4.38. The molecule has 8 nitrogen and oxygen atoms in total. The molecule has 0 radical (unpaired) electrons. The summed E-state index contributed by atoms with van der Waals surface area (Å²) in [5.74, 6) is 0.0880. The molecule has 1 amide bonds. The molecular formula is C30H28N2O6S. The van der Waals surface area contributed by atoms with Crippen molar-refractivity contribution >= 4 is 44.1 Å². The first-order chi connectivity index (χ1) is 18.9. The van der Waals surface area contributed by atoms with Gasteiger partial charge in [0.1, 0.15) is 23.0 Å². The number of thiazole rings is 1. The van der Waals surface area contributed by atoms with Gasteiger partial charge in [-0.15, -0.1) is 0 Å². The van der Waals surface area contributed by atoms with Crippen LogP contribution in [-0.4, -0.2) is 42.6 Å². The lowest BCUT2D eigenvalue weighted by Crippen LogP contribution is -2.29. The number of aliphatic hydroxyl groups is 1. The fourth-order valence-corrected chi connectivity index (χ4v) is 5.66. The number of ether oxygens (including phenoxy) is 3. The average Bonchev–Trinajstić information content (AvgIpc) is 3.48. The highest BCUT2D eigenvalue weighted by atomic mass is 32.1. The molecule has 200 valence electrons. The van der Waals surface area contributed by atoms with E-state index in [0.717, 1.165) is 16.7 Å². The maximum Gasteiger partial charge on any atom is 0.301 e. The molecule has 0 bridgehead atoms. The Hall–Kier alpha value is -4.37. The fourth-order valence-electron chi connectivity index (χ4n) is 4.64. The van der Waals surface area contributed by atoms with Crippen LogP contribution in [0, 0.1) is 6.92 Å². The van der Waals surface area contributed by atoms with Crippen molar-refractivity contribution in [3.05, 3.63) is 82.9 Å². The predicted octanol–water partition coefficient (Wildman–Crippen LogP) is 6.04. The molecule has 1 aliphatic rings. The van der Waals surface area contributed by atoms with Gasteiger partial charge in [0, 0.05) is 5.56 Å². The minimum absolute atomic E-state index is 0.0194. The lowest BCUT2D eigenvalue weighted by Gasteiger charge is -2.23. The number of benzene rings is 3. The standard InChI is InChI=1S/C30H28N2O6S/c1-5-13-38-21-8-6-7-18(15-21)26-25(27(33)19-9-12-23(37-4)17(2)14-19)28(34)29(35)32(26)30-31-22-11-10-20(36-3)16-24(22)39-30/h6-12,14-16,26,33H,5,13H2,1-4H3. The third-order valence-electron chi connectivity index (χ3n) is 6.55. The molecule has 1 aliphatic heterocycles. The van der Waals surface area contributed by atoms with Crippen LogP contribution in [0.5, 0.6) is 17.2 Å². The van der Waals surface area contributed by atoms with Crippen molar-refractivity contribution in [1.82, 2.24) is 4.98 Å². The molecule has 2 heterocycles. The number of anilines is 1. The van der Waals surface area contributed by atoms with Gasteiger partial charge in [-0.25, -0.2) is 4.98 Å². The normalized spacial score (nSPS) is 16.6. The number of methoxy groups -OCH3 is 2. The maximum absolute atomic E-state index is 13.6. The van der Waals surface area contributed by atoms with Gasteiger partial charge in [0.2, 0.25) is 0 Å². The first-order valence-electron chi connectivity index (χ1n) is 12.5. The smallest absolute Gasteiger partial charge is 0.301 e. The second-order valence-electron chi connectivity index (χ2n) is 9.10. The van der Waals surface area contributed by atoms with Crippen molar-refractivity contribution in [2.45, 2.75) is 26.3 Å². The number of hydrogen-bond acceptors (Lipinski definition) is 8. The number of hydrogen-bond donors (Lipinski definition) is 1. The zero-order valence-electron chi connectivity index (χ0n) is 22.1. The number of aliphatic hydroxyl groups excluding tert-OH is 1. The largest absolute Gasteiger partial charge is 0.507 e. The van der Waals surface area contributed by atoms with E-state index in [-0.39, 0.29) is 11.3 Å². The molecule has 39 heavy (non-hydrogen) atoms. The third kappa shape index (κ3) is 4.81. The van der Waals surface area contributed by atoms with Crippen LogP contribution in [-0.2, 0) is 9.59 Å². The lowest BCUT2D eigenvalue weighted by molar-refractivity contribution is -0.132. The maximum atomic E-state index is 13.6. The van der Waals surface area contributed by atoms with Crippen LogP contribution >= 0.6 is 11.3 Å². The van der Waals surface area contributed by atoms with E-state index in [1.54, 1.807) is 56.7 Å². The Kier molecular flexibility index (Phi) is 7.26. The second-order valence-corrected chi connectivity index (χ2v) is 10.1. The van der Waals surface area contributed by atoms with Crippen LogP contribution < -0.4 is 19.1 Å². The van der Waals surface area contributed by atoms with Crippen molar-refractivity contribution in [2.24, 2.45) is 0 Å². The van der Waals surface area contributed by atoms with Gasteiger partial charge < -0.3 is 19.3 Å². The highest BCUT2D eigenvalue weighted by Gasteiger charge is 2.48. The van der Waals surface area contributed by atoms with Crippen molar-refractivity contribution in [2.75, 3.05) is 25.7 Å². The number of rotatable bonds is 8. The SMILES string of the molecule is CCCOc1cccc(C2C(=C(O)c3ccc(OC)c(C)c3)C(=O)C(=O)N2c2nc3ccc(OC)cc3s2)c1. The Balaban J connectivity index is 1.70. The van der Waals surface area contributed by atoms with Crippen LogP contribution in [0.4, 0.5) is 5.13 Å². The van der Waals surface area contributed by atoms with Gasteiger partial charge in [-0.2, -0.15) is 0 Å². The van der Waals surface area contributed by atoms with E-state index in [4.69, 9.17) is 14.2 Å². The van der Waals surface area contributed by atoms with E-state index in [0.29, 0.717) is 45.6 Å². The number of aryl methyl sites for hydroxylation is 1. The summed E-state index contributed by atoms with van der Waals surface area (Å²) >= 11 is 1.27. The first kappa shape index (κ1) is 26.2. The number of fused-ring (bicyclic) bond motifs is 1. The van der Waals surface area contributed by atoms with E-state index >= 15 is 0 Å².